The van der Waals surface area contributed by atoms with Crippen molar-refractivity contribution in [3.05, 3.63) is 30.1 Å². The van der Waals surface area contributed by atoms with E-state index < -0.39 is 5.97 Å². The highest BCUT2D eigenvalue weighted by atomic mass is 16.4. The number of aromatic nitrogens is 1. The van der Waals surface area contributed by atoms with Crippen LogP contribution in [0.5, 0.6) is 0 Å². The number of carboxylic acids is 1. The lowest BCUT2D eigenvalue weighted by Gasteiger charge is -2.27. The smallest absolute Gasteiger partial charge is 0.311 e. The Hall–Kier alpha value is -1.38. The highest BCUT2D eigenvalue weighted by Crippen LogP contribution is 2.35. The predicted octanol–water partition coefficient (Wildman–Crippen LogP) is 2.83. The van der Waals surface area contributed by atoms with Gasteiger partial charge in [-0.2, -0.15) is 0 Å². The average Bonchev–Trinajstić information content (AvgIpc) is 2.31. The Labute approximate surface area is 95.5 Å². The number of carboxylic acid groups (broad SMARTS) is 1. The van der Waals surface area contributed by atoms with Gasteiger partial charge in [0.15, 0.2) is 0 Å². The van der Waals surface area contributed by atoms with Crippen LogP contribution in [0, 0.1) is 5.92 Å². The second kappa shape index (κ2) is 5.10. The molecule has 1 saturated carbocycles. The third kappa shape index (κ3) is 2.40. The van der Waals surface area contributed by atoms with Crippen LogP contribution in [0.1, 0.15) is 43.6 Å². The molecule has 1 heterocycles. The molecule has 0 aliphatic heterocycles. The first-order chi connectivity index (χ1) is 7.79. The molecule has 2 rings (SSSR count). The van der Waals surface area contributed by atoms with E-state index in [-0.39, 0.29) is 5.92 Å². The molecule has 0 spiro atoms. The summed E-state index contributed by atoms with van der Waals surface area (Å²) >= 11 is 0. The van der Waals surface area contributed by atoms with Gasteiger partial charge in [-0.05, 0) is 36.5 Å². The van der Waals surface area contributed by atoms with Crippen molar-refractivity contribution in [2.75, 3.05) is 0 Å². The summed E-state index contributed by atoms with van der Waals surface area (Å²) in [5.74, 6) is -0.741. The average molecular weight is 219 g/mol. The van der Waals surface area contributed by atoms with Crippen LogP contribution in [-0.2, 0) is 4.79 Å². The Balaban J connectivity index is 2.20. The van der Waals surface area contributed by atoms with Crippen molar-refractivity contribution in [3.63, 3.8) is 0 Å². The number of hydrogen-bond donors (Lipinski definition) is 1. The van der Waals surface area contributed by atoms with Crippen LogP contribution in [0.3, 0.4) is 0 Å². The molecular formula is C13H17NO2. The molecule has 0 radical (unpaired) electrons. The molecule has 1 N–H and O–H groups in total. The minimum Gasteiger partial charge on any atom is -0.481 e. The van der Waals surface area contributed by atoms with Crippen molar-refractivity contribution >= 4 is 5.97 Å². The molecule has 1 fully saturated rings. The maximum absolute atomic E-state index is 11.4. The van der Waals surface area contributed by atoms with E-state index in [2.05, 4.69) is 4.98 Å². The zero-order valence-corrected chi connectivity index (χ0v) is 9.30. The number of aliphatic carboxylic acids is 1. The van der Waals surface area contributed by atoms with Gasteiger partial charge >= 0.3 is 5.97 Å². The Morgan fingerprint density at radius 2 is 1.88 bits per heavy atom. The first kappa shape index (κ1) is 11.1. The number of hydrogen-bond acceptors (Lipinski definition) is 2. The molecule has 86 valence electrons. The minimum atomic E-state index is -0.696. The summed E-state index contributed by atoms with van der Waals surface area (Å²) in [6.45, 7) is 0. The van der Waals surface area contributed by atoms with Gasteiger partial charge in [-0.25, -0.2) is 0 Å². The quantitative estimate of drug-likeness (QED) is 0.850. The third-order valence-corrected chi connectivity index (χ3v) is 3.45. The van der Waals surface area contributed by atoms with Gasteiger partial charge in [0.05, 0.1) is 5.92 Å². The van der Waals surface area contributed by atoms with E-state index >= 15 is 0 Å². The van der Waals surface area contributed by atoms with E-state index in [1.54, 1.807) is 12.4 Å². The molecule has 16 heavy (non-hydrogen) atoms. The van der Waals surface area contributed by atoms with Gasteiger partial charge < -0.3 is 5.11 Å². The van der Waals surface area contributed by atoms with Crippen molar-refractivity contribution in [1.82, 2.24) is 4.98 Å². The zero-order chi connectivity index (χ0) is 11.4. The van der Waals surface area contributed by atoms with Crippen LogP contribution in [0.25, 0.3) is 0 Å². The van der Waals surface area contributed by atoms with E-state index in [1.165, 1.54) is 19.3 Å². The normalized spacial score (nSPS) is 19.2. The molecule has 1 aromatic rings. The van der Waals surface area contributed by atoms with Gasteiger partial charge in [-0.15, -0.1) is 0 Å². The van der Waals surface area contributed by atoms with E-state index in [4.69, 9.17) is 0 Å². The summed E-state index contributed by atoms with van der Waals surface area (Å²) in [7, 11) is 0. The van der Waals surface area contributed by atoms with Crippen molar-refractivity contribution in [1.29, 1.82) is 0 Å². The summed E-state index contributed by atoms with van der Waals surface area (Å²) in [4.78, 5) is 15.3. The van der Waals surface area contributed by atoms with Gasteiger partial charge in [-0.3, -0.25) is 9.78 Å². The van der Waals surface area contributed by atoms with Gasteiger partial charge in [0.25, 0.3) is 0 Å². The maximum atomic E-state index is 11.4. The van der Waals surface area contributed by atoms with Gasteiger partial charge in [0, 0.05) is 12.4 Å². The standard InChI is InChI=1S/C13H17NO2/c15-13(16)12(10-4-2-1-3-5-10)11-6-8-14-9-7-11/h6-10,12H,1-5H2,(H,15,16). The third-order valence-electron chi connectivity index (χ3n) is 3.45. The zero-order valence-electron chi connectivity index (χ0n) is 9.30. The predicted molar refractivity (Wildman–Crippen MR) is 61.2 cm³/mol. The molecule has 3 nitrogen and oxygen atoms in total. The molecule has 0 saturated heterocycles. The summed E-state index contributed by atoms with van der Waals surface area (Å²) in [5.41, 5.74) is 0.898. The largest absolute Gasteiger partial charge is 0.481 e. The SMILES string of the molecule is O=C(O)C(c1ccncc1)C1CCCCC1. The van der Waals surface area contributed by atoms with E-state index in [0.717, 1.165) is 18.4 Å². The number of carbonyl (C=O) groups is 1. The second-order valence-electron chi connectivity index (χ2n) is 4.49. The van der Waals surface area contributed by atoms with Crippen LogP contribution >= 0.6 is 0 Å². The molecular weight excluding hydrogens is 202 g/mol. The highest BCUT2D eigenvalue weighted by molar-refractivity contribution is 5.76. The lowest BCUT2D eigenvalue weighted by Crippen LogP contribution is -2.23. The maximum Gasteiger partial charge on any atom is 0.311 e. The van der Waals surface area contributed by atoms with Crippen LogP contribution in [-0.4, -0.2) is 16.1 Å². The Bertz CT molecular complexity index is 344. The Morgan fingerprint density at radius 3 is 2.44 bits per heavy atom. The van der Waals surface area contributed by atoms with Crippen LogP contribution < -0.4 is 0 Å². The Morgan fingerprint density at radius 1 is 1.25 bits per heavy atom. The number of rotatable bonds is 3. The fraction of sp³-hybridized carbons (Fsp3) is 0.538. The summed E-state index contributed by atoms with van der Waals surface area (Å²) in [6, 6.07) is 3.65. The van der Waals surface area contributed by atoms with E-state index in [1.807, 2.05) is 12.1 Å². The molecule has 1 aliphatic rings. The molecule has 0 aromatic carbocycles. The summed E-state index contributed by atoms with van der Waals surface area (Å²) < 4.78 is 0. The van der Waals surface area contributed by atoms with Crippen molar-refractivity contribution < 1.29 is 9.90 Å². The van der Waals surface area contributed by atoms with Crippen LogP contribution in [0.15, 0.2) is 24.5 Å². The lowest BCUT2D eigenvalue weighted by atomic mass is 9.77. The van der Waals surface area contributed by atoms with E-state index in [9.17, 15) is 9.90 Å². The minimum absolute atomic E-state index is 0.300. The fourth-order valence-electron chi connectivity index (χ4n) is 2.65. The lowest BCUT2D eigenvalue weighted by molar-refractivity contribution is -0.140. The molecule has 1 aliphatic carbocycles. The first-order valence-electron chi connectivity index (χ1n) is 5.92. The number of pyridine rings is 1. The monoisotopic (exact) mass is 219 g/mol. The molecule has 1 atom stereocenters. The fourth-order valence-corrected chi connectivity index (χ4v) is 2.65. The summed E-state index contributed by atoms with van der Waals surface area (Å²) in [5, 5.41) is 9.36. The van der Waals surface area contributed by atoms with Crippen LogP contribution in [0.2, 0.25) is 0 Å². The van der Waals surface area contributed by atoms with Crippen molar-refractivity contribution in [2.45, 2.75) is 38.0 Å². The van der Waals surface area contributed by atoms with Crippen molar-refractivity contribution in [2.24, 2.45) is 5.92 Å². The molecule has 0 bridgehead atoms. The molecule has 1 aromatic heterocycles. The molecule has 0 amide bonds. The second-order valence-corrected chi connectivity index (χ2v) is 4.49. The van der Waals surface area contributed by atoms with Crippen molar-refractivity contribution in [3.8, 4) is 0 Å². The van der Waals surface area contributed by atoms with Gasteiger partial charge in [0.2, 0.25) is 0 Å². The molecule has 3 heteroatoms. The van der Waals surface area contributed by atoms with Gasteiger partial charge in [0.1, 0.15) is 0 Å². The summed E-state index contributed by atoms with van der Waals surface area (Å²) in [6.07, 6.45) is 9.01. The Kier molecular flexibility index (Phi) is 3.54. The van der Waals surface area contributed by atoms with Gasteiger partial charge in [-0.1, -0.05) is 19.3 Å². The van der Waals surface area contributed by atoms with Crippen LogP contribution in [0.4, 0.5) is 0 Å². The van der Waals surface area contributed by atoms with E-state index in [0.29, 0.717) is 5.92 Å². The molecule has 1 unspecified atom stereocenters. The number of nitrogens with zero attached hydrogens (tertiary/aromatic N) is 1. The topological polar surface area (TPSA) is 50.2 Å². The highest BCUT2D eigenvalue weighted by Gasteiger charge is 2.30. The first-order valence-corrected chi connectivity index (χ1v) is 5.92.